The van der Waals surface area contributed by atoms with Crippen molar-refractivity contribution in [2.24, 2.45) is 5.92 Å². The molecule has 2 aliphatic carbocycles. The van der Waals surface area contributed by atoms with Crippen molar-refractivity contribution < 1.29 is 9.59 Å². The quantitative estimate of drug-likeness (QED) is 0.848. The topological polar surface area (TPSA) is 49.4 Å². The minimum absolute atomic E-state index is 0.00752. The Morgan fingerprint density at radius 1 is 1.19 bits per heavy atom. The van der Waals surface area contributed by atoms with Gasteiger partial charge in [0.2, 0.25) is 0 Å². The van der Waals surface area contributed by atoms with E-state index in [1.807, 2.05) is 31.3 Å². The van der Waals surface area contributed by atoms with Crippen LogP contribution in [0.1, 0.15) is 62.2 Å². The van der Waals surface area contributed by atoms with Crippen molar-refractivity contribution in [1.29, 1.82) is 0 Å². The molecule has 1 saturated carbocycles. The molecule has 1 aromatic heterocycles. The first-order valence-corrected chi connectivity index (χ1v) is 10.6. The van der Waals surface area contributed by atoms with Crippen molar-refractivity contribution in [2.45, 2.75) is 51.6 Å². The lowest BCUT2D eigenvalue weighted by molar-refractivity contribution is 0.0789. The van der Waals surface area contributed by atoms with E-state index in [0.29, 0.717) is 24.1 Å². The highest BCUT2D eigenvalue weighted by molar-refractivity contribution is 7.14. The van der Waals surface area contributed by atoms with Crippen molar-refractivity contribution in [3.05, 3.63) is 56.8 Å². The maximum absolute atomic E-state index is 12.8. The Morgan fingerprint density at radius 2 is 1.93 bits per heavy atom. The summed E-state index contributed by atoms with van der Waals surface area (Å²) in [5.41, 5.74) is 3.07. The SMILES string of the molecule is CC1CCc2sc(C(=O)N(C)Cc3ccc(C(=O)NC4CC4)cc3)cc2C1. The van der Waals surface area contributed by atoms with E-state index < -0.39 is 0 Å². The molecule has 0 bridgehead atoms. The Hall–Kier alpha value is -2.14. The second-order valence-electron chi connectivity index (χ2n) is 8.01. The maximum atomic E-state index is 12.8. The van der Waals surface area contributed by atoms with Gasteiger partial charge in [0.1, 0.15) is 0 Å². The van der Waals surface area contributed by atoms with Gasteiger partial charge in [-0.15, -0.1) is 11.3 Å². The normalized spacial score (nSPS) is 18.7. The fraction of sp³-hybridized carbons (Fsp3) is 0.455. The molecule has 4 rings (SSSR count). The van der Waals surface area contributed by atoms with Crippen LogP contribution in [-0.2, 0) is 19.4 Å². The highest BCUT2D eigenvalue weighted by Crippen LogP contribution is 2.32. The van der Waals surface area contributed by atoms with Gasteiger partial charge in [0.25, 0.3) is 11.8 Å². The molecule has 27 heavy (non-hydrogen) atoms. The Balaban J connectivity index is 1.38. The smallest absolute Gasteiger partial charge is 0.263 e. The van der Waals surface area contributed by atoms with Gasteiger partial charge >= 0.3 is 0 Å². The lowest BCUT2D eigenvalue weighted by Crippen LogP contribution is -2.26. The molecule has 0 spiro atoms. The zero-order valence-electron chi connectivity index (χ0n) is 16.0. The van der Waals surface area contributed by atoms with Gasteiger partial charge in [0, 0.05) is 30.1 Å². The predicted molar refractivity (Wildman–Crippen MR) is 108 cm³/mol. The van der Waals surface area contributed by atoms with Crippen molar-refractivity contribution in [1.82, 2.24) is 10.2 Å². The third-order valence-electron chi connectivity index (χ3n) is 5.44. The first-order valence-electron chi connectivity index (χ1n) is 9.76. The number of rotatable bonds is 5. The van der Waals surface area contributed by atoms with E-state index in [9.17, 15) is 9.59 Å². The molecule has 0 aliphatic heterocycles. The molecule has 4 nitrogen and oxygen atoms in total. The number of benzene rings is 1. The van der Waals surface area contributed by atoms with Crippen molar-refractivity contribution >= 4 is 23.2 Å². The number of nitrogens with zero attached hydrogens (tertiary/aromatic N) is 1. The van der Waals surface area contributed by atoms with Crippen LogP contribution in [0.3, 0.4) is 0 Å². The number of hydrogen-bond acceptors (Lipinski definition) is 3. The number of carbonyl (C=O) groups excluding carboxylic acids is 2. The molecule has 142 valence electrons. The van der Waals surface area contributed by atoms with Crippen LogP contribution >= 0.6 is 11.3 Å². The van der Waals surface area contributed by atoms with Crippen LogP contribution in [0.4, 0.5) is 0 Å². The Bertz CT molecular complexity index is 852. The number of nitrogens with one attached hydrogen (secondary N) is 1. The second-order valence-corrected chi connectivity index (χ2v) is 9.15. The molecule has 2 amide bonds. The highest BCUT2D eigenvalue weighted by Gasteiger charge is 2.24. The summed E-state index contributed by atoms with van der Waals surface area (Å²) in [6.07, 6.45) is 5.58. The standard InChI is InChI=1S/C22H26N2O2S/c1-14-3-10-19-17(11-14)12-20(27-19)22(26)24(2)13-15-4-6-16(7-5-15)21(25)23-18-8-9-18/h4-7,12,14,18H,3,8-11,13H2,1-2H3,(H,23,25). The molecule has 2 aliphatic rings. The lowest BCUT2D eigenvalue weighted by Gasteiger charge is -2.16. The van der Waals surface area contributed by atoms with Gasteiger partial charge in [-0.25, -0.2) is 0 Å². The van der Waals surface area contributed by atoms with E-state index in [1.165, 1.54) is 16.9 Å². The van der Waals surface area contributed by atoms with Gasteiger partial charge in [-0.1, -0.05) is 19.1 Å². The van der Waals surface area contributed by atoms with Crippen LogP contribution in [0.25, 0.3) is 0 Å². The van der Waals surface area contributed by atoms with E-state index in [1.54, 1.807) is 16.2 Å². The molecule has 1 aromatic carbocycles. The van der Waals surface area contributed by atoms with E-state index in [2.05, 4.69) is 18.3 Å². The van der Waals surface area contributed by atoms with Crippen LogP contribution in [0.2, 0.25) is 0 Å². The number of fused-ring (bicyclic) bond motifs is 1. The Kier molecular flexibility index (Phi) is 5.04. The number of thiophene rings is 1. The molecule has 1 heterocycles. The van der Waals surface area contributed by atoms with E-state index in [0.717, 1.165) is 36.1 Å². The summed E-state index contributed by atoms with van der Waals surface area (Å²) in [7, 11) is 1.84. The summed E-state index contributed by atoms with van der Waals surface area (Å²) >= 11 is 1.66. The minimum Gasteiger partial charge on any atom is -0.349 e. The highest BCUT2D eigenvalue weighted by atomic mass is 32.1. The van der Waals surface area contributed by atoms with Crippen LogP contribution in [0.15, 0.2) is 30.3 Å². The van der Waals surface area contributed by atoms with Crippen molar-refractivity contribution in [3.63, 3.8) is 0 Å². The van der Waals surface area contributed by atoms with E-state index >= 15 is 0 Å². The molecule has 1 fully saturated rings. The molecule has 0 saturated heterocycles. The van der Waals surface area contributed by atoms with Gasteiger partial charge < -0.3 is 10.2 Å². The van der Waals surface area contributed by atoms with Gasteiger partial charge in [0.15, 0.2) is 0 Å². The number of hydrogen-bond donors (Lipinski definition) is 1. The third-order valence-corrected chi connectivity index (χ3v) is 6.66. The fourth-order valence-electron chi connectivity index (χ4n) is 3.60. The first-order chi connectivity index (χ1) is 13.0. The van der Waals surface area contributed by atoms with Gasteiger partial charge in [-0.3, -0.25) is 9.59 Å². The summed E-state index contributed by atoms with van der Waals surface area (Å²) in [5, 5.41) is 2.99. The fourth-order valence-corrected chi connectivity index (χ4v) is 4.81. The largest absolute Gasteiger partial charge is 0.349 e. The molecule has 1 unspecified atom stereocenters. The third kappa shape index (κ3) is 4.24. The zero-order chi connectivity index (χ0) is 19.0. The molecule has 0 radical (unpaired) electrons. The Morgan fingerprint density at radius 3 is 2.63 bits per heavy atom. The number of aryl methyl sites for hydroxylation is 1. The van der Waals surface area contributed by atoms with Crippen molar-refractivity contribution in [3.8, 4) is 0 Å². The summed E-state index contributed by atoms with van der Waals surface area (Å²) in [4.78, 5) is 28.9. The van der Waals surface area contributed by atoms with Crippen LogP contribution in [0.5, 0.6) is 0 Å². The van der Waals surface area contributed by atoms with Gasteiger partial charge in [0.05, 0.1) is 4.88 Å². The molecule has 1 N–H and O–H groups in total. The van der Waals surface area contributed by atoms with Crippen LogP contribution in [-0.4, -0.2) is 29.8 Å². The van der Waals surface area contributed by atoms with Crippen LogP contribution < -0.4 is 5.32 Å². The molecule has 1 atom stereocenters. The van der Waals surface area contributed by atoms with E-state index in [-0.39, 0.29) is 11.8 Å². The molecular weight excluding hydrogens is 356 g/mol. The summed E-state index contributed by atoms with van der Waals surface area (Å²) in [6.45, 7) is 2.82. The maximum Gasteiger partial charge on any atom is 0.263 e. The molecular formula is C22H26N2O2S. The molecule has 2 aromatic rings. The second kappa shape index (κ2) is 7.47. The van der Waals surface area contributed by atoms with E-state index in [4.69, 9.17) is 0 Å². The molecule has 5 heteroatoms. The monoisotopic (exact) mass is 382 g/mol. The average Bonchev–Trinajstić information content (AvgIpc) is 3.37. The van der Waals surface area contributed by atoms with Gasteiger partial charge in [-0.05, 0) is 67.3 Å². The lowest BCUT2D eigenvalue weighted by atomic mass is 9.90. The number of amides is 2. The zero-order valence-corrected chi connectivity index (χ0v) is 16.8. The average molecular weight is 383 g/mol. The Labute approximate surface area is 164 Å². The van der Waals surface area contributed by atoms with Gasteiger partial charge in [-0.2, -0.15) is 0 Å². The summed E-state index contributed by atoms with van der Waals surface area (Å²) < 4.78 is 0. The number of carbonyl (C=O) groups is 2. The minimum atomic E-state index is -0.00752. The summed E-state index contributed by atoms with van der Waals surface area (Å²) in [5.74, 6) is 0.785. The summed E-state index contributed by atoms with van der Waals surface area (Å²) in [6, 6.07) is 10.0. The predicted octanol–water partition coefficient (Wildman–Crippen LogP) is 4.04. The van der Waals surface area contributed by atoms with Crippen LogP contribution in [0, 0.1) is 5.92 Å². The first kappa shape index (κ1) is 18.2. The van der Waals surface area contributed by atoms with Crippen molar-refractivity contribution in [2.75, 3.05) is 7.05 Å².